The van der Waals surface area contributed by atoms with E-state index in [1.54, 1.807) is 5.56 Å². The first-order valence-electron chi connectivity index (χ1n) is 8.21. The number of aryl methyl sites for hydroxylation is 3. The van der Waals surface area contributed by atoms with Crippen molar-refractivity contribution >= 4 is 0 Å². The molecular formula is C19H33N. The second-order valence-corrected chi connectivity index (χ2v) is 6.78. The quantitative estimate of drug-likeness (QED) is 0.671. The van der Waals surface area contributed by atoms with E-state index in [-0.39, 0.29) is 0 Å². The van der Waals surface area contributed by atoms with Crippen LogP contribution in [-0.4, -0.2) is 13.1 Å². The SMILES string of the molecule is CCCNCC(Cc1c(C)cc(C)cc1C)CC(C)C. The molecule has 1 N–H and O–H groups in total. The van der Waals surface area contributed by atoms with E-state index in [1.807, 2.05) is 0 Å². The number of hydrogen-bond acceptors (Lipinski definition) is 1. The number of nitrogens with one attached hydrogen (secondary N) is 1. The van der Waals surface area contributed by atoms with Gasteiger partial charge in [-0.15, -0.1) is 0 Å². The lowest BCUT2D eigenvalue weighted by molar-refractivity contribution is 0.384. The predicted octanol–water partition coefficient (Wildman–Crippen LogP) is 4.82. The second-order valence-electron chi connectivity index (χ2n) is 6.78. The molecule has 0 aliphatic heterocycles. The van der Waals surface area contributed by atoms with Crippen molar-refractivity contribution in [2.75, 3.05) is 13.1 Å². The Morgan fingerprint density at radius 2 is 1.65 bits per heavy atom. The highest BCUT2D eigenvalue weighted by Gasteiger charge is 2.14. The van der Waals surface area contributed by atoms with Gasteiger partial charge in [0.25, 0.3) is 0 Å². The Kier molecular flexibility index (Phi) is 7.29. The van der Waals surface area contributed by atoms with Crippen LogP contribution in [0.1, 0.15) is 55.9 Å². The molecule has 0 radical (unpaired) electrons. The first kappa shape index (κ1) is 17.2. The fraction of sp³-hybridized carbons (Fsp3) is 0.684. The van der Waals surface area contributed by atoms with Crippen molar-refractivity contribution < 1.29 is 0 Å². The fourth-order valence-corrected chi connectivity index (χ4v) is 3.21. The van der Waals surface area contributed by atoms with Crippen molar-refractivity contribution in [3.63, 3.8) is 0 Å². The Bertz CT molecular complexity index is 383. The van der Waals surface area contributed by atoms with Crippen LogP contribution in [0.2, 0.25) is 0 Å². The maximum atomic E-state index is 3.61. The van der Waals surface area contributed by atoms with Crippen molar-refractivity contribution in [3.05, 3.63) is 34.4 Å². The van der Waals surface area contributed by atoms with E-state index in [9.17, 15) is 0 Å². The molecule has 0 amide bonds. The van der Waals surface area contributed by atoms with Gasteiger partial charge in [0.15, 0.2) is 0 Å². The van der Waals surface area contributed by atoms with E-state index in [0.717, 1.165) is 24.9 Å². The average Bonchev–Trinajstić information content (AvgIpc) is 2.33. The largest absolute Gasteiger partial charge is 0.316 e. The Hall–Kier alpha value is -0.820. The second kappa shape index (κ2) is 8.46. The van der Waals surface area contributed by atoms with Gasteiger partial charge >= 0.3 is 0 Å². The molecule has 1 aromatic rings. The molecule has 0 aromatic heterocycles. The standard InChI is InChI=1S/C19H33N/c1-7-8-20-13-18(9-14(2)3)12-19-16(5)10-15(4)11-17(19)6/h10-11,14,18,20H,7-9,12-13H2,1-6H3. The highest BCUT2D eigenvalue weighted by molar-refractivity contribution is 5.37. The molecule has 0 saturated carbocycles. The smallest absolute Gasteiger partial charge is 0.00172 e. The van der Waals surface area contributed by atoms with Crippen LogP contribution in [0.3, 0.4) is 0 Å². The van der Waals surface area contributed by atoms with Gasteiger partial charge in [-0.05, 0) is 81.6 Å². The molecule has 0 fully saturated rings. The van der Waals surface area contributed by atoms with Gasteiger partial charge in [-0.1, -0.05) is 38.5 Å². The molecule has 1 rings (SSSR count). The van der Waals surface area contributed by atoms with Crippen LogP contribution >= 0.6 is 0 Å². The van der Waals surface area contributed by atoms with Crippen LogP contribution < -0.4 is 5.32 Å². The van der Waals surface area contributed by atoms with Gasteiger partial charge in [-0.25, -0.2) is 0 Å². The molecule has 1 unspecified atom stereocenters. The maximum absolute atomic E-state index is 3.61. The van der Waals surface area contributed by atoms with Gasteiger partial charge < -0.3 is 5.32 Å². The molecule has 20 heavy (non-hydrogen) atoms. The third-order valence-corrected chi connectivity index (χ3v) is 4.00. The molecule has 1 aromatic carbocycles. The summed E-state index contributed by atoms with van der Waals surface area (Å²) >= 11 is 0. The first-order chi connectivity index (χ1) is 9.43. The summed E-state index contributed by atoms with van der Waals surface area (Å²) in [4.78, 5) is 0. The molecule has 114 valence electrons. The summed E-state index contributed by atoms with van der Waals surface area (Å²) in [6.45, 7) is 15.9. The fourth-order valence-electron chi connectivity index (χ4n) is 3.21. The molecule has 0 aliphatic rings. The summed E-state index contributed by atoms with van der Waals surface area (Å²) in [7, 11) is 0. The Balaban J connectivity index is 2.77. The van der Waals surface area contributed by atoms with Crippen molar-refractivity contribution in [1.29, 1.82) is 0 Å². The van der Waals surface area contributed by atoms with E-state index in [4.69, 9.17) is 0 Å². The van der Waals surface area contributed by atoms with Gasteiger partial charge in [-0.3, -0.25) is 0 Å². The zero-order valence-corrected chi connectivity index (χ0v) is 14.3. The third-order valence-electron chi connectivity index (χ3n) is 4.00. The molecule has 1 atom stereocenters. The number of benzene rings is 1. The van der Waals surface area contributed by atoms with Crippen LogP contribution in [0, 0.1) is 32.6 Å². The van der Waals surface area contributed by atoms with Gasteiger partial charge in [-0.2, -0.15) is 0 Å². The molecule has 0 spiro atoms. The van der Waals surface area contributed by atoms with E-state index < -0.39 is 0 Å². The highest BCUT2D eigenvalue weighted by Crippen LogP contribution is 2.23. The van der Waals surface area contributed by atoms with Crippen LogP contribution in [0.25, 0.3) is 0 Å². The van der Waals surface area contributed by atoms with E-state index in [2.05, 4.69) is 59.0 Å². The van der Waals surface area contributed by atoms with Crippen molar-refractivity contribution in [2.24, 2.45) is 11.8 Å². The minimum Gasteiger partial charge on any atom is -0.316 e. The number of rotatable bonds is 8. The first-order valence-corrected chi connectivity index (χ1v) is 8.21. The maximum Gasteiger partial charge on any atom is -0.00172 e. The zero-order chi connectivity index (χ0) is 15.1. The Morgan fingerprint density at radius 1 is 1.05 bits per heavy atom. The molecular weight excluding hydrogens is 242 g/mol. The Labute approximate surface area is 126 Å². The van der Waals surface area contributed by atoms with Crippen LogP contribution in [0.4, 0.5) is 0 Å². The summed E-state index contributed by atoms with van der Waals surface area (Å²) in [5, 5.41) is 3.61. The summed E-state index contributed by atoms with van der Waals surface area (Å²) in [5.74, 6) is 1.52. The molecule has 0 bridgehead atoms. The van der Waals surface area contributed by atoms with Crippen molar-refractivity contribution in [3.8, 4) is 0 Å². The highest BCUT2D eigenvalue weighted by atomic mass is 14.8. The zero-order valence-electron chi connectivity index (χ0n) is 14.3. The monoisotopic (exact) mass is 275 g/mol. The molecule has 0 heterocycles. The van der Waals surface area contributed by atoms with Crippen LogP contribution in [0.15, 0.2) is 12.1 Å². The summed E-state index contributed by atoms with van der Waals surface area (Å²) in [6, 6.07) is 4.66. The normalized spacial score (nSPS) is 12.9. The van der Waals surface area contributed by atoms with Gasteiger partial charge in [0.2, 0.25) is 0 Å². The minimum absolute atomic E-state index is 0.752. The van der Waals surface area contributed by atoms with Crippen LogP contribution in [-0.2, 0) is 6.42 Å². The van der Waals surface area contributed by atoms with Gasteiger partial charge in [0.05, 0.1) is 0 Å². The van der Waals surface area contributed by atoms with Gasteiger partial charge in [0.1, 0.15) is 0 Å². The van der Waals surface area contributed by atoms with Gasteiger partial charge in [0, 0.05) is 0 Å². The molecule has 1 heteroatoms. The van der Waals surface area contributed by atoms with E-state index >= 15 is 0 Å². The summed E-state index contributed by atoms with van der Waals surface area (Å²) in [5.41, 5.74) is 5.88. The summed E-state index contributed by atoms with van der Waals surface area (Å²) < 4.78 is 0. The van der Waals surface area contributed by atoms with E-state index in [1.165, 1.54) is 36.0 Å². The topological polar surface area (TPSA) is 12.0 Å². The molecule has 1 nitrogen and oxygen atoms in total. The van der Waals surface area contributed by atoms with Crippen molar-refractivity contribution in [2.45, 2.75) is 60.8 Å². The molecule has 0 aliphatic carbocycles. The lowest BCUT2D eigenvalue weighted by atomic mass is 9.87. The van der Waals surface area contributed by atoms with Crippen molar-refractivity contribution in [1.82, 2.24) is 5.32 Å². The van der Waals surface area contributed by atoms with Crippen LogP contribution in [0.5, 0.6) is 0 Å². The predicted molar refractivity (Wildman–Crippen MR) is 90.5 cm³/mol. The summed E-state index contributed by atoms with van der Waals surface area (Å²) in [6.07, 6.45) is 3.74. The lowest BCUT2D eigenvalue weighted by Gasteiger charge is -2.22. The third kappa shape index (κ3) is 5.66. The average molecular weight is 275 g/mol. The minimum atomic E-state index is 0.752. The Morgan fingerprint density at radius 3 is 2.15 bits per heavy atom. The van der Waals surface area contributed by atoms with E-state index in [0.29, 0.717) is 0 Å². The lowest BCUT2D eigenvalue weighted by Crippen LogP contribution is -2.26. The molecule has 0 saturated heterocycles. The number of hydrogen-bond donors (Lipinski definition) is 1.